The number of ether oxygens (including phenoxy) is 1. The number of esters is 1. The Morgan fingerprint density at radius 2 is 1.64 bits per heavy atom. The van der Waals surface area contributed by atoms with E-state index >= 15 is 0 Å². The van der Waals surface area contributed by atoms with Crippen molar-refractivity contribution in [3.63, 3.8) is 0 Å². The standard InChI is InChI=1S/C8H18O.C6H6ClN.2C6H12O2/c1-3-5-6-8(4-2)7-9;7-5-2-1-3-6(8)4-5;1-3-5-6(7)8-4-2;1-2-3-4-5-6(7)8/h8-9H,3-7H2,1-2H3;1-4H,8H2;3-5H2,1-2H3;2-5H2,1H3,(H,7,8). The second-order valence-electron chi connectivity index (χ2n) is 7.56. The smallest absolute Gasteiger partial charge is 0.305 e. The quantitative estimate of drug-likeness (QED) is 0.164. The molecule has 0 saturated carbocycles. The van der Waals surface area contributed by atoms with Gasteiger partial charge in [0.1, 0.15) is 0 Å². The van der Waals surface area contributed by atoms with E-state index in [0.29, 0.717) is 42.7 Å². The molecular formula is C26H48ClNO5. The molecule has 6 nitrogen and oxygen atoms in total. The van der Waals surface area contributed by atoms with Crippen molar-refractivity contribution in [1.29, 1.82) is 0 Å². The fraction of sp³-hybridized carbons (Fsp3) is 0.692. The average Bonchev–Trinajstić information content (AvgIpc) is 2.76. The number of nitrogens with two attached hydrogens (primary N) is 1. The molecular weight excluding hydrogens is 442 g/mol. The highest BCUT2D eigenvalue weighted by atomic mass is 35.5. The number of benzene rings is 1. The van der Waals surface area contributed by atoms with Gasteiger partial charge in [0, 0.05) is 30.2 Å². The number of carbonyl (C=O) groups is 2. The normalized spacial score (nSPS) is 10.3. The van der Waals surface area contributed by atoms with E-state index in [0.717, 1.165) is 32.1 Å². The van der Waals surface area contributed by atoms with Gasteiger partial charge in [0.25, 0.3) is 0 Å². The molecule has 0 saturated heterocycles. The Bertz CT molecular complexity index is 540. The number of unbranched alkanes of at least 4 members (excludes halogenated alkanes) is 3. The predicted octanol–water partition coefficient (Wildman–Crippen LogP) is 7.12. The van der Waals surface area contributed by atoms with E-state index in [9.17, 15) is 9.59 Å². The predicted molar refractivity (Wildman–Crippen MR) is 140 cm³/mol. The Morgan fingerprint density at radius 1 is 1.00 bits per heavy atom. The van der Waals surface area contributed by atoms with E-state index in [-0.39, 0.29) is 5.97 Å². The maximum Gasteiger partial charge on any atom is 0.305 e. The molecule has 194 valence electrons. The number of hydrogen-bond donors (Lipinski definition) is 3. The highest BCUT2D eigenvalue weighted by molar-refractivity contribution is 6.30. The fourth-order valence-corrected chi connectivity index (χ4v) is 2.59. The second kappa shape index (κ2) is 28.2. The minimum absolute atomic E-state index is 0.0880. The number of carbonyl (C=O) groups excluding carboxylic acids is 1. The molecule has 0 spiro atoms. The third-order valence-electron chi connectivity index (χ3n) is 4.40. The van der Waals surface area contributed by atoms with Gasteiger partial charge in [-0.1, -0.05) is 77.5 Å². The first-order valence-corrected chi connectivity index (χ1v) is 12.6. The lowest BCUT2D eigenvalue weighted by Gasteiger charge is -2.08. The zero-order valence-corrected chi connectivity index (χ0v) is 22.2. The molecule has 0 bridgehead atoms. The van der Waals surface area contributed by atoms with Gasteiger partial charge in [0.2, 0.25) is 0 Å². The van der Waals surface area contributed by atoms with Crippen molar-refractivity contribution >= 4 is 29.2 Å². The molecule has 0 fully saturated rings. The van der Waals surface area contributed by atoms with Crippen molar-refractivity contribution < 1.29 is 24.5 Å². The van der Waals surface area contributed by atoms with Crippen LogP contribution in [0.25, 0.3) is 0 Å². The van der Waals surface area contributed by atoms with Crippen LogP contribution < -0.4 is 5.73 Å². The number of aliphatic hydroxyl groups is 1. The SMILES string of the molecule is CCCC(=O)OCC.CCCCC(CC)CO.CCCCCC(=O)O.Nc1cccc(Cl)c1. The molecule has 1 unspecified atom stereocenters. The number of rotatable bonds is 12. The molecule has 1 atom stereocenters. The third-order valence-corrected chi connectivity index (χ3v) is 4.64. The molecule has 0 aromatic heterocycles. The van der Waals surface area contributed by atoms with E-state index in [4.69, 9.17) is 27.5 Å². The molecule has 1 rings (SSSR count). The van der Waals surface area contributed by atoms with Crippen LogP contribution in [0.3, 0.4) is 0 Å². The molecule has 1 aromatic carbocycles. The maximum absolute atomic E-state index is 10.4. The largest absolute Gasteiger partial charge is 0.481 e. The Morgan fingerprint density at radius 3 is 2.00 bits per heavy atom. The van der Waals surface area contributed by atoms with Gasteiger partial charge in [-0.3, -0.25) is 9.59 Å². The Labute approximate surface area is 206 Å². The fourth-order valence-electron chi connectivity index (χ4n) is 2.39. The van der Waals surface area contributed by atoms with Crippen LogP contribution >= 0.6 is 11.6 Å². The van der Waals surface area contributed by atoms with Gasteiger partial charge in [0.15, 0.2) is 0 Å². The number of aliphatic hydroxyl groups excluding tert-OH is 1. The Balaban J connectivity index is -0.000000364. The van der Waals surface area contributed by atoms with E-state index < -0.39 is 5.97 Å². The Kier molecular flexibility index (Phi) is 30.6. The summed E-state index contributed by atoms with van der Waals surface area (Å²) in [6.07, 6.45) is 9.53. The van der Waals surface area contributed by atoms with Gasteiger partial charge < -0.3 is 20.7 Å². The number of nitrogen functional groups attached to an aromatic ring is 1. The van der Waals surface area contributed by atoms with E-state index in [1.165, 1.54) is 19.3 Å². The first kappa shape index (κ1) is 35.8. The number of hydrogen-bond acceptors (Lipinski definition) is 5. The molecule has 33 heavy (non-hydrogen) atoms. The Hall–Kier alpha value is -1.79. The summed E-state index contributed by atoms with van der Waals surface area (Å²) in [5, 5.41) is 17.6. The summed E-state index contributed by atoms with van der Waals surface area (Å²) in [6, 6.07) is 7.11. The molecule has 0 aliphatic carbocycles. The van der Waals surface area contributed by atoms with Gasteiger partial charge in [0.05, 0.1) is 6.61 Å². The molecule has 0 radical (unpaired) electrons. The van der Waals surface area contributed by atoms with Crippen LogP contribution in [0.4, 0.5) is 5.69 Å². The number of carboxylic acid groups (broad SMARTS) is 1. The topological polar surface area (TPSA) is 110 Å². The van der Waals surface area contributed by atoms with Crippen molar-refractivity contribution in [3.8, 4) is 0 Å². The third kappa shape index (κ3) is 32.5. The van der Waals surface area contributed by atoms with E-state index in [2.05, 4.69) is 25.5 Å². The van der Waals surface area contributed by atoms with Gasteiger partial charge in [-0.25, -0.2) is 0 Å². The zero-order chi connectivity index (χ0) is 25.9. The molecule has 4 N–H and O–H groups in total. The molecule has 0 amide bonds. The zero-order valence-electron chi connectivity index (χ0n) is 21.4. The minimum Gasteiger partial charge on any atom is -0.481 e. The van der Waals surface area contributed by atoms with E-state index in [1.807, 2.05) is 19.9 Å². The lowest BCUT2D eigenvalue weighted by atomic mass is 10.0. The highest BCUT2D eigenvalue weighted by Gasteiger charge is 2.01. The maximum atomic E-state index is 10.4. The summed E-state index contributed by atoms with van der Waals surface area (Å²) in [4.78, 5) is 20.3. The average molecular weight is 490 g/mol. The highest BCUT2D eigenvalue weighted by Crippen LogP contribution is 2.11. The van der Waals surface area contributed by atoms with Crippen molar-refractivity contribution in [1.82, 2.24) is 0 Å². The van der Waals surface area contributed by atoms with Crippen molar-refractivity contribution in [2.45, 2.75) is 98.8 Å². The monoisotopic (exact) mass is 489 g/mol. The van der Waals surface area contributed by atoms with Crippen LogP contribution in [0.5, 0.6) is 0 Å². The van der Waals surface area contributed by atoms with Crippen LogP contribution in [-0.2, 0) is 14.3 Å². The number of aliphatic carboxylic acids is 1. The van der Waals surface area contributed by atoms with Crippen molar-refractivity contribution in [3.05, 3.63) is 29.3 Å². The summed E-state index contributed by atoms with van der Waals surface area (Å²) in [7, 11) is 0. The summed E-state index contributed by atoms with van der Waals surface area (Å²) in [6.45, 7) is 11.0. The summed E-state index contributed by atoms with van der Waals surface area (Å²) in [5.74, 6) is -0.210. The van der Waals surface area contributed by atoms with Gasteiger partial charge >= 0.3 is 11.9 Å². The van der Waals surface area contributed by atoms with Crippen LogP contribution in [0.1, 0.15) is 98.8 Å². The molecule has 1 aromatic rings. The molecule has 0 aliphatic rings. The number of halogens is 1. The lowest BCUT2D eigenvalue weighted by molar-refractivity contribution is -0.143. The van der Waals surface area contributed by atoms with Crippen LogP contribution in [0.2, 0.25) is 5.02 Å². The van der Waals surface area contributed by atoms with Crippen molar-refractivity contribution in [2.24, 2.45) is 5.92 Å². The van der Waals surface area contributed by atoms with Crippen LogP contribution in [-0.4, -0.2) is 35.4 Å². The molecule has 0 aliphatic heterocycles. The summed E-state index contributed by atoms with van der Waals surface area (Å²) < 4.78 is 4.64. The summed E-state index contributed by atoms with van der Waals surface area (Å²) in [5.41, 5.74) is 6.08. The molecule has 7 heteroatoms. The van der Waals surface area contributed by atoms with Crippen molar-refractivity contribution in [2.75, 3.05) is 18.9 Å². The van der Waals surface area contributed by atoms with Crippen LogP contribution in [0.15, 0.2) is 24.3 Å². The lowest BCUT2D eigenvalue weighted by Crippen LogP contribution is -2.03. The summed E-state index contributed by atoms with van der Waals surface area (Å²) >= 11 is 5.56. The van der Waals surface area contributed by atoms with Gasteiger partial charge in [-0.15, -0.1) is 0 Å². The minimum atomic E-state index is -0.682. The first-order valence-electron chi connectivity index (χ1n) is 12.2. The molecule has 0 heterocycles. The van der Waals surface area contributed by atoms with E-state index in [1.54, 1.807) is 18.2 Å². The van der Waals surface area contributed by atoms with Gasteiger partial charge in [-0.05, 0) is 50.3 Å². The first-order chi connectivity index (χ1) is 15.7. The number of carboxylic acids is 1. The number of anilines is 1. The van der Waals surface area contributed by atoms with Gasteiger partial charge in [-0.2, -0.15) is 0 Å². The second-order valence-corrected chi connectivity index (χ2v) is 8.00. The van der Waals surface area contributed by atoms with Crippen LogP contribution in [0, 0.1) is 5.92 Å².